The Balaban J connectivity index is 1.67. The zero-order valence-corrected chi connectivity index (χ0v) is 15.8. The average molecular weight is 401 g/mol. The number of hydrogen-bond donors (Lipinski definition) is 5. The molecule has 7 heteroatoms. The number of phenolic OH excluding ortho intramolecular Hbond substituents is 2. The highest BCUT2D eigenvalue weighted by molar-refractivity contribution is 6.31. The number of nitrogens with one attached hydrogen (secondary N) is 2. The maximum absolute atomic E-state index is 12.5. The summed E-state index contributed by atoms with van der Waals surface area (Å²) in [6, 6.07) is 17.1. The van der Waals surface area contributed by atoms with E-state index < -0.39 is 11.8 Å². The van der Waals surface area contributed by atoms with Crippen LogP contribution in [-0.2, 0) is 11.3 Å². The molecule has 1 aliphatic heterocycles. The van der Waals surface area contributed by atoms with Crippen molar-refractivity contribution >= 4 is 23.1 Å². The van der Waals surface area contributed by atoms with Crippen molar-refractivity contribution in [1.82, 2.24) is 10.6 Å². The molecular weight excluding hydrogens is 382 g/mol. The van der Waals surface area contributed by atoms with Gasteiger partial charge in [-0.25, -0.2) is 0 Å². The Bertz CT molecular complexity index is 1200. The molecule has 0 bridgehead atoms. The van der Waals surface area contributed by atoms with Gasteiger partial charge in [-0.2, -0.15) is 0 Å². The summed E-state index contributed by atoms with van der Waals surface area (Å²) in [6.45, 7) is 0.308. The van der Waals surface area contributed by atoms with Crippen LogP contribution >= 0.6 is 0 Å². The van der Waals surface area contributed by atoms with Crippen LogP contribution in [0.4, 0.5) is 5.69 Å². The summed E-state index contributed by atoms with van der Waals surface area (Å²) in [6.07, 6.45) is 1.54. The molecule has 0 unspecified atom stereocenters. The van der Waals surface area contributed by atoms with Crippen molar-refractivity contribution in [3.05, 3.63) is 83.6 Å². The number of carbonyl (C=O) groups excluding carboxylic acids is 2. The zero-order chi connectivity index (χ0) is 21.3. The van der Waals surface area contributed by atoms with E-state index in [1.807, 2.05) is 24.3 Å². The fourth-order valence-electron chi connectivity index (χ4n) is 3.32. The summed E-state index contributed by atoms with van der Waals surface area (Å²) in [7, 11) is 0. The van der Waals surface area contributed by atoms with Crippen LogP contribution in [0.1, 0.15) is 21.5 Å². The van der Waals surface area contributed by atoms with E-state index >= 15 is 0 Å². The van der Waals surface area contributed by atoms with Crippen LogP contribution in [0.2, 0.25) is 0 Å². The van der Waals surface area contributed by atoms with Gasteiger partial charge in [-0.3, -0.25) is 14.9 Å². The normalized spacial score (nSPS) is 14.3. The highest BCUT2D eigenvalue weighted by atomic mass is 16.3. The maximum Gasteiger partial charge on any atom is 0.260 e. The van der Waals surface area contributed by atoms with Gasteiger partial charge in [-0.1, -0.05) is 24.3 Å². The van der Waals surface area contributed by atoms with Crippen LogP contribution in [0.5, 0.6) is 11.5 Å². The van der Waals surface area contributed by atoms with Crippen LogP contribution in [-0.4, -0.2) is 22.0 Å². The number of nitrogen functional groups attached to an aromatic ring is 1. The van der Waals surface area contributed by atoms with Crippen LogP contribution in [0.25, 0.3) is 16.7 Å². The molecule has 0 spiro atoms. The summed E-state index contributed by atoms with van der Waals surface area (Å²) in [5.74, 6) is -1.38. The molecule has 0 radical (unpaired) electrons. The minimum atomic E-state index is -0.502. The lowest BCUT2D eigenvalue weighted by atomic mass is 9.91. The number of phenols is 2. The molecule has 3 aromatic carbocycles. The van der Waals surface area contributed by atoms with Crippen molar-refractivity contribution in [1.29, 1.82) is 0 Å². The van der Waals surface area contributed by atoms with Gasteiger partial charge in [0.1, 0.15) is 0 Å². The second kappa shape index (κ2) is 7.63. The van der Waals surface area contributed by atoms with Gasteiger partial charge in [-0.15, -0.1) is 0 Å². The first-order chi connectivity index (χ1) is 14.4. The molecule has 0 aromatic heterocycles. The van der Waals surface area contributed by atoms with E-state index in [1.165, 1.54) is 18.3 Å². The molecule has 0 atom stereocenters. The second-order valence-corrected chi connectivity index (χ2v) is 6.93. The Kier molecular flexibility index (Phi) is 4.85. The Hall–Kier alpha value is -4.26. The van der Waals surface area contributed by atoms with E-state index in [0.29, 0.717) is 34.5 Å². The molecule has 0 fully saturated rings. The molecule has 7 nitrogen and oxygen atoms in total. The lowest BCUT2D eigenvalue weighted by molar-refractivity contribution is -0.114. The topological polar surface area (TPSA) is 125 Å². The summed E-state index contributed by atoms with van der Waals surface area (Å²) >= 11 is 0. The van der Waals surface area contributed by atoms with Crippen molar-refractivity contribution in [2.45, 2.75) is 6.54 Å². The molecule has 0 saturated carbocycles. The molecule has 2 amide bonds. The molecule has 6 N–H and O–H groups in total. The first-order valence-corrected chi connectivity index (χ1v) is 9.23. The fraction of sp³-hybridized carbons (Fsp3) is 0.0435. The molecular formula is C23H19N3O4. The van der Waals surface area contributed by atoms with Gasteiger partial charge < -0.3 is 21.3 Å². The van der Waals surface area contributed by atoms with E-state index in [1.54, 1.807) is 24.3 Å². The first-order valence-electron chi connectivity index (χ1n) is 9.23. The Morgan fingerprint density at radius 1 is 0.867 bits per heavy atom. The largest absolute Gasteiger partial charge is 0.504 e. The summed E-state index contributed by atoms with van der Waals surface area (Å²) in [5, 5.41) is 24.4. The van der Waals surface area contributed by atoms with Crippen LogP contribution in [0, 0.1) is 0 Å². The number of amides is 2. The summed E-state index contributed by atoms with van der Waals surface area (Å²) in [5.41, 5.74) is 10.1. The van der Waals surface area contributed by atoms with Crippen molar-refractivity contribution in [2.75, 3.05) is 5.73 Å². The predicted molar refractivity (Wildman–Crippen MR) is 113 cm³/mol. The van der Waals surface area contributed by atoms with Gasteiger partial charge in [0.25, 0.3) is 11.8 Å². The Labute approximate surface area is 172 Å². The molecule has 0 aliphatic carbocycles. The molecule has 150 valence electrons. The molecule has 30 heavy (non-hydrogen) atoms. The van der Waals surface area contributed by atoms with Crippen LogP contribution in [0.15, 0.2) is 66.9 Å². The minimum absolute atomic E-state index is 0.203. The van der Waals surface area contributed by atoms with Crippen molar-refractivity contribution in [2.24, 2.45) is 0 Å². The molecule has 4 rings (SSSR count). The van der Waals surface area contributed by atoms with E-state index in [9.17, 15) is 19.8 Å². The number of fused-ring (bicyclic) bond motifs is 1. The average Bonchev–Trinajstić information content (AvgIpc) is 2.72. The monoisotopic (exact) mass is 401 g/mol. The van der Waals surface area contributed by atoms with Gasteiger partial charge in [-0.05, 0) is 53.1 Å². The standard InChI is InChI=1S/C23H19N3O4/c24-16-3-1-2-14(9-16)15-5-6-17-18(10-15)19(23(30)26-22(17)29)12-25-11-13-4-7-20(27)21(28)8-13/h1-10,12,25,27-28H,11,24H2,(H,26,29,30). The smallest absolute Gasteiger partial charge is 0.260 e. The van der Waals surface area contributed by atoms with Gasteiger partial charge in [0.05, 0.1) is 5.57 Å². The van der Waals surface area contributed by atoms with E-state index in [0.717, 1.165) is 11.1 Å². The molecule has 3 aromatic rings. The van der Waals surface area contributed by atoms with Crippen LogP contribution in [0.3, 0.4) is 0 Å². The van der Waals surface area contributed by atoms with E-state index in [-0.39, 0.29) is 11.5 Å². The number of nitrogens with two attached hydrogens (primary N) is 1. The van der Waals surface area contributed by atoms with Crippen LogP contribution < -0.4 is 16.4 Å². The lowest BCUT2D eigenvalue weighted by Gasteiger charge is -2.19. The number of benzene rings is 3. The summed E-state index contributed by atoms with van der Waals surface area (Å²) < 4.78 is 0. The SMILES string of the molecule is Nc1cccc(-c2ccc3c(c2)C(=CNCc2ccc(O)c(O)c2)C(=O)NC3=O)c1. The van der Waals surface area contributed by atoms with Crippen molar-refractivity contribution in [3.8, 4) is 22.6 Å². The van der Waals surface area contributed by atoms with Crippen molar-refractivity contribution < 1.29 is 19.8 Å². The quantitative estimate of drug-likeness (QED) is 0.198. The third-order valence-corrected chi connectivity index (χ3v) is 4.84. The van der Waals surface area contributed by atoms with E-state index in [4.69, 9.17) is 5.73 Å². The summed E-state index contributed by atoms with van der Waals surface area (Å²) in [4.78, 5) is 24.7. The van der Waals surface area contributed by atoms with Gasteiger partial charge >= 0.3 is 0 Å². The third-order valence-electron chi connectivity index (χ3n) is 4.84. The van der Waals surface area contributed by atoms with Gasteiger partial charge in [0.15, 0.2) is 11.5 Å². The minimum Gasteiger partial charge on any atom is -0.504 e. The fourth-order valence-corrected chi connectivity index (χ4v) is 3.32. The molecule has 1 heterocycles. The van der Waals surface area contributed by atoms with E-state index in [2.05, 4.69) is 10.6 Å². The number of imide groups is 1. The molecule has 0 saturated heterocycles. The number of carbonyl (C=O) groups is 2. The van der Waals surface area contributed by atoms with Gasteiger partial charge in [0, 0.05) is 29.6 Å². The highest BCUT2D eigenvalue weighted by Crippen LogP contribution is 2.30. The van der Waals surface area contributed by atoms with Gasteiger partial charge in [0.2, 0.25) is 0 Å². The number of hydrogen-bond acceptors (Lipinski definition) is 6. The zero-order valence-electron chi connectivity index (χ0n) is 15.8. The number of anilines is 1. The number of aromatic hydroxyl groups is 2. The van der Waals surface area contributed by atoms with Crippen molar-refractivity contribution in [3.63, 3.8) is 0 Å². The third kappa shape index (κ3) is 3.68. The Morgan fingerprint density at radius 3 is 2.43 bits per heavy atom. The lowest BCUT2D eigenvalue weighted by Crippen LogP contribution is -2.37. The Morgan fingerprint density at radius 2 is 1.67 bits per heavy atom. The first kappa shape index (κ1) is 19.1. The predicted octanol–water partition coefficient (Wildman–Crippen LogP) is 2.75. The highest BCUT2D eigenvalue weighted by Gasteiger charge is 2.27. The number of rotatable bonds is 4. The molecule has 1 aliphatic rings. The maximum atomic E-state index is 12.5. The second-order valence-electron chi connectivity index (χ2n) is 6.93.